The summed E-state index contributed by atoms with van der Waals surface area (Å²) >= 11 is 0. The lowest BCUT2D eigenvalue weighted by Gasteiger charge is -2.29. The number of quaternary nitrogens is 2. The Morgan fingerprint density at radius 2 is 0.556 bits per heavy atom. The zero-order chi connectivity index (χ0) is 38.4. The third-order valence-corrected chi connectivity index (χ3v) is 11.2. The Balaban J connectivity index is -0.0000130. The number of hydrogen-bond donors (Lipinski definition) is 0. The first-order chi connectivity index (χ1) is 25.1. The number of likely N-dealkylation sites (N-methyl/N-ethyl adjacent to an activating group) is 2. The van der Waals surface area contributed by atoms with Crippen LogP contribution in [0.15, 0.2) is 0 Å². The largest absolute Gasteiger partial charge is 1.00 e. The zero-order valence-corrected chi connectivity index (χ0v) is 40.3. The van der Waals surface area contributed by atoms with Gasteiger partial charge in [0.05, 0.1) is 41.3 Å². The molecule has 0 N–H and O–H groups in total. The van der Waals surface area contributed by atoms with Gasteiger partial charge < -0.3 is 52.4 Å². The van der Waals surface area contributed by atoms with E-state index in [0.717, 1.165) is 35.1 Å². The van der Waals surface area contributed by atoms with Gasteiger partial charge in [0.15, 0.2) is 0 Å². The van der Waals surface area contributed by atoms with Crippen LogP contribution in [0.2, 0.25) is 0 Å². The molecular formula is C46H94Br2N2O4. The number of unbranched alkanes of at least 4 members (excludes halogenated alkanes) is 27. The van der Waals surface area contributed by atoms with E-state index in [4.69, 9.17) is 9.47 Å². The van der Waals surface area contributed by atoms with Crippen LogP contribution in [0.1, 0.15) is 219 Å². The number of hydrogen-bond acceptors (Lipinski definition) is 4. The fourth-order valence-electron chi connectivity index (χ4n) is 7.19. The van der Waals surface area contributed by atoms with Gasteiger partial charge in [-0.2, -0.15) is 0 Å². The second-order valence-electron chi connectivity index (χ2n) is 17.6. The SMILES string of the molecule is CCCCCCCCCCCCCCCC[N+](C)(C)CCOC(=O)CCCCC(=O)OCC[N+](C)(C)CCCCCCCCCCCCCCCC.[Br-].[Br-]. The van der Waals surface area contributed by atoms with Gasteiger partial charge in [-0.15, -0.1) is 0 Å². The highest BCUT2D eigenvalue weighted by molar-refractivity contribution is 5.70. The molecule has 6 nitrogen and oxygen atoms in total. The summed E-state index contributed by atoms with van der Waals surface area (Å²) in [5, 5.41) is 0. The number of halogens is 2. The maximum Gasteiger partial charge on any atom is 0.305 e. The summed E-state index contributed by atoms with van der Waals surface area (Å²) in [5.41, 5.74) is 0. The molecule has 0 heterocycles. The predicted octanol–water partition coefficient (Wildman–Crippen LogP) is 6.76. The summed E-state index contributed by atoms with van der Waals surface area (Å²) in [6.07, 6.45) is 40.8. The highest BCUT2D eigenvalue weighted by Gasteiger charge is 2.17. The van der Waals surface area contributed by atoms with E-state index >= 15 is 0 Å². The Labute approximate surface area is 359 Å². The molecule has 0 aromatic heterocycles. The van der Waals surface area contributed by atoms with Gasteiger partial charge in [-0.05, 0) is 38.5 Å². The molecule has 0 rings (SSSR count). The maximum atomic E-state index is 12.2. The normalized spacial score (nSPS) is 11.6. The smallest absolute Gasteiger partial charge is 0.305 e. The highest BCUT2D eigenvalue weighted by atomic mass is 79.9. The summed E-state index contributed by atoms with van der Waals surface area (Å²) in [4.78, 5) is 24.5. The molecule has 0 atom stereocenters. The second-order valence-corrected chi connectivity index (χ2v) is 17.6. The highest BCUT2D eigenvalue weighted by Crippen LogP contribution is 2.15. The van der Waals surface area contributed by atoms with Gasteiger partial charge in [0.2, 0.25) is 0 Å². The van der Waals surface area contributed by atoms with Gasteiger partial charge >= 0.3 is 11.9 Å². The first kappa shape index (κ1) is 58.1. The van der Waals surface area contributed by atoms with Crippen molar-refractivity contribution in [3.63, 3.8) is 0 Å². The average molecular weight is 899 g/mol. The van der Waals surface area contributed by atoms with E-state index in [2.05, 4.69) is 42.0 Å². The lowest BCUT2D eigenvalue weighted by molar-refractivity contribution is -0.890. The lowest BCUT2D eigenvalue weighted by atomic mass is 10.0. The summed E-state index contributed by atoms with van der Waals surface area (Å²) in [5.74, 6) is -0.292. The molecule has 0 aliphatic carbocycles. The first-order valence-corrected chi connectivity index (χ1v) is 23.1. The predicted molar refractivity (Wildman–Crippen MR) is 225 cm³/mol. The molecule has 0 spiro atoms. The van der Waals surface area contributed by atoms with Gasteiger partial charge in [0.25, 0.3) is 0 Å². The Morgan fingerprint density at radius 1 is 0.333 bits per heavy atom. The van der Waals surface area contributed by atoms with Crippen molar-refractivity contribution in [3.8, 4) is 0 Å². The Kier molecular flexibility index (Phi) is 45.7. The van der Waals surface area contributed by atoms with Crippen LogP contribution in [0.5, 0.6) is 0 Å². The van der Waals surface area contributed by atoms with Gasteiger partial charge in [-0.1, -0.05) is 168 Å². The zero-order valence-electron chi connectivity index (χ0n) is 37.2. The molecule has 0 saturated carbocycles. The number of carbonyl (C=O) groups is 2. The number of carbonyl (C=O) groups excluding carboxylic acids is 2. The summed E-state index contributed by atoms with van der Waals surface area (Å²) in [6.45, 7) is 9.48. The monoisotopic (exact) mass is 897 g/mol. The van der Waals surface area contributed by atoms with Crippen LogP contribution in [0, 0.1) is 0 Å². The minimum absolute atomic E-state index is 0. The summed E-state index contributed by atoms with van der Waals surface area (Å²) in [7, 11) is 8.95. The van der Waals surface area contributed by atoms with Gasteiger partial charge in [0.1, 0.15) is 26.3 Å². The number of rotatable bonds is 41. The van der Waals surface area contributed by atoms with Crippen molar-refractivity contribution < 1.29 is 62.0 Å². The number of esters is 2. The van der Waals surface area contributed by atoms with E-state index in [9.17, 15) is 9.59 Å². The Hall–Kier alpha value is -0.180. The molecule has 0 aliphatic rings. The Morgan fingerprint density at radius 3 is 0.796 bits per heavy atom. The van der Waals surface area contributed by atoms with Crippen molar-refractivity contribution in [3.05, 3.63) is 0 Å². The quantitative estimate of drug-likeness (QED) is 0.0388. The van der Waals surface area contributed by atoms with Gasteiger partial charge in [-0.25, -0.2) is 0 Å². The Bertz CT molecular complexity index is 733. The molecule has 0 fully saturated rings. The van der Waals surface area contributed by atoms with Crippen molar-refractivity contribution >= 4 is 11.9 Å². The maximum absolute atomic E-state index is 12.2. The molecular weight excluding hydrogens is 804 g/mol. The fraction of sp³-hybridized carbons (Fsp3) is 0.957. The molecule has 54 heavy (non-hydrogen) atoms. The van der Waals surface area contributed by atoms with Crippen molar-refractivity contribution in [2.45, 2.75) is 219 Å². The minimum Gasteiger partial charge on any atom is -1.00 e. The molecule has 0 bridgehead atoms. The van der Waals surface area contributed by atoms with Gasteiger partial charge in [0, 0.05) is 12.8 Å². The van der Waals surface area contributed by atoms with Crippen LogP contribution < -0.4 is 34.0 Å². The molecule has 0 unspecified atom stereocenters. The number of nitrogens with zero attached hydrogens (tertiary/aromatic N) is 2. The second kappa shape index (κ2) is 42.4. The van der Waals surface area contributed by atoms with E-state index in [-0.39, 0.29) is 45.9 Å². The molecule has 8 heteroatoms. The molecule has 0 aliphatic heterocycles. The first-order valence-electron chi connectivity index (χ1n) is 23.1. The third-order valence-electron chi connectivity index (χ3n) is 11.2. The number of ether oxygens (including phenoxy) is 2. The van der Waals surface area contributed by atoms with Crippen LogP contribution >= 0.6 is 0 Å². The van der Waals surface area contributed by atoms with Crippen LogP contribution in [0.4, 0.5) is 0 Å². The standard InChI is InChI=1S/C46H94N2O4.2BrH/c1-7-9-11-13-15-17-19-21-23-25-27-29-31-35-39-47(3,4)41-43-51-45(49)37-33-34-38-46(50)52-44-42-48(5,6)40-36-32-30-28-26-24-22-20-18-16-14-12-10-8-2;;/h7-44H2,1-6H3;2*1H/q+2;;/p-2. The fourth-order valence-corrected chi connectivity index (χ4v) is 7.19. The summed E-state index contributed by atoms with van der Waals surface area (Å²) < 4.78 is 12.8. The van der Waals surface area contributed by atoms with E-state index in [1.807, 2.05) is 0 Å². The van der Waals surface area contributed by atoms with Crippen molar-refractivity contribution in [1.82, 2.24) is 0 Å². The van der Waals surface area contributed by atoms with Crippen molar-refractivity contribution in [2.24, 2.45) is 0 Å². The molecule has 0 aromatic rings. The topological polar surface area (TPSA) is 52.6 Å². The van der Waals surface area contributed by atoms with Crippen LogP contribution in [-0.4, -0.2) is 88.5 Å². The van der Waals surface area contributed by atoms with Crippen molar-refractivity contribution in [1.29, 1.82) is 0 Å². The average Bonchev–Trinajstić information content (AvgIpc) is 3.10. The minimum atomic E-state index is -0.146. The van der Waals surface area contributed by atoms with E-state index < -0.39 is 0 Å². The molecule has 0 aromatic carbocycles. The van der Waals surface area contributed by atoms with Gasteiger partial charge in [-0.3, -0.25) is 9.59 Å². The molecule has 326 valence electrons. The van der Waals surface area contributed by atoms with Crippen LogP contribution in [0.25, 0.3) is 0 Å². The van der Waals surface area contributed by atoms with E-state index in [1.54, 1.807) is 0 Å². The molecule has 0 saturated heterocycles. The van der Waals surface area contributed by atoms with Crippen LogP contribution in [0.3, 0.4) is 0 Å². The lowest BCUT2D eigenvalue weighted by Crippen LogP contribution is -3.00. The van der Waals surface area contributed by atoms with E-state index in [1.165, 1.54) is 180 Å². The summed E-state index contributed by atoms with van der Waals surface area (Å²) in [6, 6.07) is 0. The molecule has 0 amide bonds. The van der Waals surface area contributed by atoms with E-state index in [0.29, 0.717) is 38.9 Å². The molecule has 0 radical (unpaired) electrons. The van der Waals surface area contributed by atoms with Crippen LogP contribution in [-0.2, 0) is 19.1 Å². The third kappa shape index (κ3) is 44.5. The van der Waals surface area contributed by atoms with Crippen molar-refractivity contribution in [2.75, 3.05) is 67.6 Å².